The smallest absolute Gasteiger partial charge is 0.475 e. The highest BCUT2D eigenvalue weighted by atomic mass is 19.4. The number of carbonyl (C=O) groups is 3. The van der Waals surface area contributed by atoms with Crippen molar-refractivity contribution >= 4 is 35.0 Å². The van der Waals surface area contributed by atoms with Gasteiger partial charge in [0.2, 0.25) is 0 Å². The van der Waals surface area contributed by atoms with Crippen molar-refractivity contribution < 1.29 is 59.0 Å². The molecule has 1 aromatic heterocycles. The van der Waals surface area contributed by atoms with Gasteiger partial charge in [-0.05, 0) is 55.8 Å². The molecule has 3 amide bonds. The molecule has 9 nitrogen and oxygen atoms in total. The van der Waals surface area contributed by atoms with Gasteiger partial charge in [0.25, 0.3) is 5.91 Å². The van der Waals surface area contributed by atoms with E-state index in [4.69, 9.17) is 15.2 Å². The number of carboxylic acid groups (broad SMARTS) is 1. The third-order valence-electron chi connectivity index (χ3n) is 6.43. The Kier molecular flexibility index (Phi) is 9.61. The van der Waals surface area contributed by atoms with Crippen LogP contribution in [0.5, 0.6) is 0 Å². The summed E-state index contributed by atoms with van der Waals surface area (Å²) in [6, 6.07) is 11.7. The monoisotopic (exact) mass is 661 g/mol. The van der Waals surface area contributed by atoms with Gasteiger partial charge in [0.15, 0.2) is 0 Å². The Morgan fingerprint density at radius 3 is 2.07 bits per heavy atom. The van der Waals surface area contributed by atoms with Crippen molar-refractivity contribution in [2.45, 2.75) is 44.5 Å². The van der Waals surface area contributed by atoms with Gasteiger partial charge in [-0.15, -0.1) is 0 Å². The fourth-order valence-electron chi connectivity index (χ4n) is 4.07. The first-order valence-electron chi connectivity index (χ1n) is 12.5. The number of nitrogens with one attached hydrogen (secondary N) is 1. The van der Waals surface area contributed by atoms with Crippen LogP contribution < -0.4 is 10.2 Å². The average molecular weight is 661 g/mol. The van der Waals surface area contributed by atoms with E-state index in [1.807, 2.05) is 0 Å². The third kappa shape index (κ3) is 7.65. The Balaban J connectivity index is 0.000000738. The molecule has 18 heteroatoms. The number of nitrogens with zero attached hydrogens (tertiary/aromatic N) is 4. The molecule has 0 saturated carbocycles. The number of aliphatic carboxylic acids is 1. The van der Waals surface area contributed by atoms with Crippen LogP contribution in [0.1, 0.15) is 36.2 Å². The fraction of sp³-hybridized carbons (Fsp3) is 0.250. The van der Waals surface area contributed by atoms with Gasteiger partial charge in [0, 0.05) is 5.69 Å². The van der Waals surface area contributed by atoms with E-state index in [-0.39, 0.29) is 17.9 Å². The maximum atomic E-state index is 13.5. The van der Waals surface area contributed by atoms with E-state index in [9.17, 15) is 49.1 Å². The van der Waals surface area contributed by atoms with Gasteiger partial charge in [-0.25, -0.2) is 19.5 Å². The van der Waals surface area contributed by atoms with Gasteiger partial charge in [-0.2, -0.15) is 44.8 Å². The quantitative estimate of drug-likeness (QED) is 0.220. The Morgan fingerprint density at radius 2 is 1.57 bits per heavy atom. The van der Waals surface area contributed by atoms with Crippen molar-refractivity contribution in [3.8, 4) is 6.07 Å². The van der Waals surface area contributed by atoms with Crippen LogP contribution in [0, 0.1) is 11.3 Å². The summed E-state index contributed by atoms with van der Waals surface area (Å²) in [5, 5.41) is 19.1. The zero-order valence-electron chi connectivity index (χ0n) is 23.3. The van der Waals surface area contributed by atoms with Crippen LogP contribution in [0.25, 0.3) is 0 Å². The largest absolute Gasteiger partial charge is 0.490 e. The van der Waals surface area contributed by atoms with Crippen molar-refractivity contribution in [3.63, 3.8) is 0 Å². The number of nitriles is 1. The van der Waals surface area contributed by atoms with Crippen molar-refractivity contribution in [2.75, 3.05) is 10.2 Å². The molecule has 0 spiro atoms. The first-order chi connectivity index (χ1) is 21.1. The molecule has 244 valence electrons. The number of pyridine rings is 1. The van der Waals surface area contributed by atoms with Crippen LogP contribution in [0.4, 0.5) is 61.4 Å². The summed E-state index contributed by atoms with van der Waals surface area (Å²) in [4.78, 5) is 40.7. The van der Waals surface area contributed by atoms with Gasteiger partial charge < -0.3 is 15.3 Å². The highest BCUT2D eigenvalue weighted by Crippen LogP contribution is 2.39. The molecular weight excluding hydrogens is 641 g/mol. The topological polar surface area (TPSA) is 127 Å². The lowest BCUT2D eigenvalue weighted by Crippen LogP contribution is -2.43. The number of halogens is 9. The van der Waals surface area contributed by atoms with E-state index < -0.39 is 58.8 Å². The average Bonchev–Trinajstić information content (AvgIpc) is 3.11. The van der Waals surface area contributed by atoms with Gasteiger partial charge in [0.1, 0.15) is 11.2 Å². The van der Waals surface area contributed by atoms with Gasteiger partial charge in [0.05, 0.1) is 41.3 Å². The summed E-state index contributed by atoms with van der Waals surface area (Å²) < 4.78 is 111. The molecule has 0 atom stereocenters. The number of benzene rings is 2. The molecule has 46 heavy (non-hydrogen) atoms. The van der Waals surface area contributed by atoms with Crippen LogP contribution in [-0.4, -0.2) is 44.6 Å². The van der Waals surface area contributed by atoms with E-state index in [1.54, 1.807) is 24.3 Å². The van der Waals surface area contributed by atoms with Crippen LogP contribution in [-0.2, 0) is 28.5 Å². The molecule has 2 aromatic carbocycles. The predicted molar refractivity (Wildman–Crippen MR) is 141 cm³/mol. The number of hydrogen-bond donors (Lipinski definition) is 2. The molecular formula is C28H20F9N5O4. The van der Waals surface area contributed by atoms with Crippen LogP contribution >= 0.6 is 0 Å². The zero-order chi connectivity index (χ0) is 34.8. The Morgan fingerprint density at radius 1 is 0.957 bits per heavy atom. The minimum atomic E-state index is -5.08. The number of rotatable bonds is 5. The second-order valence-electron chi connectivity index (χ2n) is 9.92. The van der Waals surface area contributed by atoms with Crippen molar-refractivity contribution in [1.82, 2.24) is 9.88 Å². The number of carboxylic acids is 1. The SMILES string of the molecule is CC1(C)C(=O)N(c2ccc(C#N)c(C(F)(F)F)c2)C(=O)N1Cc1ccccc1Nc1ccc(C(F)(F)F)nc1.O=C(O)C(F)(F)F. The number of imide groups is 1. The molecule has 4 rings (SSSR count). The second kappa shape index (κ2) is 12.6. The van der Waals surface area contributed by atoms with E-state index >= 15 is 0 Å². The number of urea groups is 1. The number of carbonyl (C=O) groups excluding carboxylic acids is 2. The van der Waals surface area contributed by atoms with Gasteiger partial charge in [-0.1, -0.05) is 18.2 Å². The number of hydrogen-bond acceptors (Lipinski definition) is 6. The Bertz CT molecular complexity index is 1680. The Hall–Kier alpha value is -5.34. The summed E-state index contributed by atoms with van der Waals surface area (Å²) in [5.41, 5.74) is -3.69. The summed E-state index contributed by atoms with van der Waals surface area (Å²) in [5.74, 6) is -3.53. The molecule has 0 bridgehead atoms. The first-order valence-corrected chi connectivity index (χ1v) is 12.5. The molecule has 0 radical (unpaired) electrons. The highest BCUT2D eigenvalue weighted by molar-refractivity contribution is 6.23. The van der Waals surface area contributed by atoms with Gasteiger partial charge >= 0.3 is 30.5 Å². The van der Waals surface area contributed by atoms with Crippen molar-refractivity contribution in [2.24, 2.45) is 0 Å². The van der Waals surface area contributed by atoms with E-state index in [0.717, 1.165) is 24.4 Å². The zero-order valence-corrected chi connectivity index (χ0v) is 23.3. The second-order valence-corrected chi connectivity index (χ2v) is 9.92. The normalized spacial score (nSPS) is 14.8. The molecule has 2 heterocycles. The van der Waals surface area contributed by atoms with E-state index in [2.05, 4.69) is 10.3 Å². The standard InChI is InChI=1S/C26H19F6N5O2.C2HF3O2/c1-24(2)22(38)37(18-9-7-15(12-33)19(11-18)25(27,28)29)23(39)36(24)14-16-5-3-4-6-20(16)35-17-8-10-21(34-13-17)26(30,31)32;3-2(4,5)1(6)7/h3-11,13,35H,14H2,1-2H3;(H,6,7). The van der Waals surface area contributed by atoms with Crippen LogP contribution in [0.3, 0.4) is 0 Å². The lowest BCUT2D eigenvalue weighted by atomic mass is 10.0. The number of aromatic nitrogens is 1. The molecule has 2 N–H and O–H groups in total. The number of anilines is 3. The number of amides is 3. The maximum absolute atomic E-state index is 13.5. The summed E-state index contributed by atoms with van der Waals surface area (Å²) in [7, 11) is 0. The van der Waals surface area contributed by atoms with E-state index in [1.165, 1.54) is 30.9 Å². The van der Waals surface area contributed by atoms with Gasteiger partial charge in [-0.3, -0.25) is 4.79 Å². The Labute approximate surface area is 253 Å². The van der Waals surface area contributed by atoms with Crippen LogP contribution in [0.15, 0.2) is 60.8 Å². The summed E-state index contributed by atoms with van der Waals surface area (Å²) >= 11 is 0. The number of alkyl halides is 9. The van der Waals surface area contributed by atoms with Crippen molar-refractivity contribution in [3.05, 3.63) is 83.2 Å². The van der Waals surface area contributed by atoms with Crippen molar-refractivity contribution in [1.29, 1.82) is 5.26 Å². The molecule has 1 aliphatic rings. The van der Waals surface area contributed by atoms with E-state index in [0.29, 0.717) is 22.2 Å². The van der Waals surface area contributed by atoms with Crippen LogP contribution in [0.2, 0.25) is 0 Å². The number of para-hydroxylation sites is 1. The minimum Gasteiger partial charge on any atom is -0.475 e. The lowest BCUT2D eigenvalue weighted by Gasteiger charge is -2.28. The maximum Gasteiger partial charge on any atom is 0.490 e. The molecule has 1 fully saturated rings. The summed E-state index contributed by atoms with van der Waals surface area (Å²) in [6.45, 7) is 2.72. The summed E-state index contributed by atoms with van der Waals surface area (Å²) in [6.07, 6.45) is -13.6. The molecule has 3 aromatic rings. The minimum absolute atomic E-state index is 0.159. The fourth-order valence-corrected chi connectivity index (χ4v) is 4.07. The molecule has 1 saturated heterocycles. The third-order valence-corrected chi connectivity index (χ3v) is 6.43. The highest BCUT2D eigenvalue weighted by Gasteiger charge is 2.52. The predicted octanol–water partition coefficient (Wildman–Crippen LogP) is 7.12. The molecule has 1 aliphatic heterocycles. The first kappa shape index (κ1) is 35.1. The molecule has 0 aliphatic carbocycles. The lowest BCUT2D eigenvalue weighted by molar-refractivity contribution is -0.192. The molecule has 0 unspecified atom stereocenters.